The van der Waals surface area contributed by atoms with Crippen LogP contribution >= 0.6 is 0 Å². The number of H-pyrrole nitrogens is 1. The van der Waals surface area contributed by atoms with Gasteiger partial charge in [0.15, 0.2) is 0 Å². The van der Waals surface area contributed by atoms with Crippen LogP contribution in [0.1, 0.15) is 13.3 Å². The van der Waals surface area contributed by atoms with Gasteiger partial charge in [-0.15, -0.1) is 0 Å². The Labute approximate surface area is 100 Å². The number of aromatic nitrogens is 3. The first-order valence-electron chi connectivity index (χ1n) is 6.10. The zero-order chi connectivity index (χ0) is 11.7. The molecular weight excluding hydrogens is 214 g/mol. The van der Waals surface area contributed by atoms with Gasteiger partial charge in [0.1, 0.15) is 17.8 Å². The van der Waals surface area contributed by atoms with Crippen molar-refractivity contribution in [2.24, 2.45) is 5.92 Å². The maximum Gasteiger partial charge on any atom is 0.142 e. The fourth-order valence-electron chi connectivity index (χ4n) is 2.35. The van der Waals surface area contributed by atoms with Gasteiger partial charge in [-0.25, -0.2) is 9.97 Å². The molecule has 2 aromatic rings. The highest BCUT2D eigenvalue weighted by Gasteiger charge is 2.21. The van der Waals surface area contributed by atoms with Gasteiger partial charge in [-0.2, -0.15) is 0 Å². The fourth-order valence-corrected chi connectivity index (χ4v) is 2.35. The number of aromatic amines is 1. The molecule has 0 bridgehead atoms. The molecule has 0 aromatic carbocycles. The van der Waals surface area contributed by atoms with E-state index < -0.39 is 0 Å². The molecule has 2 atom stereocenters. The molecule has 0 aliphatic carbocycles. The van der Waals surface area contributed by atoms with Crippen molar-refractivity contribution in [2.75, 3.05) is 18.4 Å². The number of nitrogens with zero attached hydrogens (tertiary/aromatic N) is 2. The maximum absolute atomic E-state index is 4.34. The lowest BCUT2D eigenvalue weighted by molar-refractivity contribution is 0.366. The minimum absolute atomic E-state index is 0.441. The third kappa shape index (κ3) is 1.98. The smallest absolute Gasteiger partial charge is 0.142 e. The molecule has 0 spiro atoms. The van der Waals surface area contributed by atoms with E-state index in [1.807, 2.05) is 12.3 Å². The van der Waals surface area contributed by atoms with Gasteiger partial charge in [0, 0.05) is 18.8 Å². The van der Waals surface area contributed by atoms with E-state index in [0.29, 0.717) is 12.0 Å². The summed E-state index contributed by atoms with van der Waals surface area (Å²) >= 11 is 0. The average Bonchev–Trinajstić information content (AvgIpc) is 2.81. The van der Waals surface area contributed by atoms with Crippen molar-refractivity contribution >= 4 is 16.9 Å². The van der Waals surface area contributed by atoms with E-state index >= 15 is 0 Å². The van der Waals surface area contributed by atoms with Crippen LogP contribution in [0.4, 0.5) is 5.82 Å². The molecule has 5 heteroatoms. The molecular formula is C12H17N5. The van der Waals surface area contributed by atoms with Crippen molar-refractivity contribution in [3.8, 4) is 0 Å². The van der Waals surface area contributed by atoms with Gasteiger partial charge in [0.2, 0.25) is 0 Å². The highest BCUT2D eigenvalue weighted by molar-refractivity contribution is 5.86. The van der Waals surface area contributed by atoms with Gasteiger partial charge in [-0.1, -0.05) is 6.92 Å². The highest BCUT2D eigenvalue weighted by atomic mass is 15.1. The molecule has 0 radical (unpaired) electrons. The van der Waals surface area contributed by atoms with Crippen LogP contribution in [0.5, 0.6) is 0 Å². The second-order valence-corrected chi connectivity index (χ2v) is 4.68. The molecule has 0 saturated carbocycles. The summed E-state index contributed by atoms with van der Waals surface area (Å²) < 4.78 is 0. The largest absolute Gasteiger partial charge is 0.365 e. The van der Waals surface area contributed by atoms with E-state index in [1.165, 1.54) is 6.42 Å². The third-order valence-electron chi connectivity index (χ3n) is 3.50. The number of hydrogen-bond donors (Lipinski definition) is 3. The van der Waals surface area contributed by atoms with Gasteiger partial charge in [-0.05, 0) is 24.9 Å². The van der Waals surface area contributed by atoms with Crippen LogP contribution in [0.25, 0.3) is 11.0 Å². The number of hydrogen-bond acceptors (Lipinski definition) is 4. The lowest BCUT2D eigenvalue weighted by atomic mass is 9.95. The molecule has 2 aromatic heterocycles. The normalized spacial score (nSPS) is 25.0. The molecule has 1 aliphatic heterocycles. The zero-order valence-corrected chi connectivity index (χ0v) is 9.90. The Morgan fingerprint density at radius 3 is 3.24 bits per heavy atom. The minimum Gasteiger partial charge on any atom is -0.365 e. The molecule has 1 fully saturated rings. The van der Waals surface area contributed by atoms with E-state index in [-0.39, 0.29) is 0 Å². The van der Waals surface area contributed by atoms with Crippen LogP contribution in [0.3, 0.4) is 0 Å². The molecule has 0 amide bonds. The number of fused-ring (bicyclic) bond motifs is 1. The first-order valence-corrected chi connectivity index (χ1v) is 6.10. The lowest BCUT2D eigenvalue weighted by Crippen LogP contribution is -2.44. The third-order valence-corrected chi connectivity index (χ3v) is 3.50. The van der Waals surface area contributed by atoms with Crippen molar-refractivity contribution in [1.82, 2.24) is 20.3 Å². The Balaban J connectivity index is 1.86. The lowest BCUT2D eigenvalue weighted by Gasteiger charge is -2.30. The van der Waals surface area contributed by atoms with E-state index in [1.54, 1.807) is 6.33 Å². The topological polar surface area (TPSA) is 65.6 Å². The second-order valence-electron chi connectivity index (χ2n) is 4.68. The van der Waals surface area contributed by atoms with E-state index in [4.69, 9.17) is 0 Å². The van der Waals surface area contributed by atoms with Crippen LogP contribution in [0.15, 0.2) is 18.6 Å². The number of anilines is 1. The molecule has 3 N–H and O–H groups in total. The summed E-state index contributed by atoms with van der Waals surface area (Å²) in [5.41, 5.74) is 0.888. The molecule has 3 rings (SSSR count). The Morgan fingerprint density at radius 1 is 1.41 bits per heavy atom. The Bertz CT molecular complexity index is 506. The van der Waals surface area contributed by atoms with Gasteiger partial charge in [0.25, 0.3) is 0 Å². The molecule has 90 valence electrons. The number of piperidine rings is 1. The summed E-state index contributed by atoms with van der Waals surface area (Å²) in [4.78, 5) is 11.6. The van der Waals surface area contributed by atoms with Gasteiger partial charge in [0.05, 0.1) is 5.39 Å². The highest BCUT2D eigenvalue weighted by Crippen LogP contribution is 2.21. The van der Waals surface area contributed by atoms with E-state index in [9.17, 15) is 0 Å². The summed E-state index contributed by atoms with van der Waals surface area (Å²) in [5, 5.41) is 8.00. The molecule has 3 heterocycles. The van der Waals surface area contributed by atoms with Crippen molar-refractivity contribution in [1.29, 1.82) is 0 Å². The monoisotopic (exact) mass is 231 g/mol. The fraction of sp³-hybridized carbons (Fsp3) is 0.500. The van der Waals surface area contributed by atoms with Crippen LogP contribution in [-0.2, 0) is 0 Å². The predicted octanol–water partition coefficient (Wildman–Crippen LogP) is 1.37. The Hall–Kier alpha value is -1.62. The average molecular weight is 231 g/mol. The molecule has 17 heavy (non-hydrogen) atoms. The van der Waals surface area contributed by atoms with E-state index in [0.717, 1.165) is 29.9 Å². The second kappa shape index (κ2) is 4.33. The summed E-state index contributed by atoms with van der Waals surface area (Å²) in [6.45, 7) is 4.40. The quantitative estimate of drug-likeness (QED) is 0.730. The maximum atomic E-state index is 4.34. The minimum atomic E-state index is 0.441. The number of nitrogens with one attached hydrogen (secondary N) is 3. The van der Waals surface area contributed by atoms with E-state index in [2.05, 4.69) is 32.5 Å². The van der Waals surface area contributed by atoms with Crippen LogP contribution in [0, 0.1) is 5.92 Å². The van der Waals surface area contributed by atoms with Gasteiger partial charge < -0.3 is 15.6 Å². The summed E-state index contributed by atoms with van der Waals surface area (Å²) in [6.07, 6.45) is 4.70. The molecule has 0 unspecified atom stereocenters. The van der Waals surface area contributed by atoms with Crippen LogP contribution in [-0.4, -0.2) is 34.1 Å². The molecule has 1 saturated heterocycles. The summed E-state index contributed by atoms with van der Waals surface area (Å²) in [7, 11) is 0. The SMILES string of the molecule is C[C@@H]1CCNC[C@@H]1Nc1ncnc2[nH]ccc12. The van der Waals surface area contributed by atoms with Crippen LogP contribution < -0.4 is 10.6 Å². The van der Waals surface area contributed by atoms with Gasteiger partial charge >= 0.3 is 0 Å². The van der Waals surface area contributed by atoms with Crippen LogP contribution in [0.2, 0.25) is 0 Å². The van der Waals surface area contributed by atoms with Crippen molar-refractivity contribution in [3.05, 3.63) is 18.6 Å². The van der Waals surface area contributed by atoms with Crippen molar-refractivity contribution in [3.63, 3.8) is 0 Å². The summed E-state index contributed by atoms with van der Waals surface area (Å²) in [6, 6.07) is 2.45. The van der Waals surface area contributed by atoms with Crippen molar-refractivity contribution < 1.29 is 0 Å². The zero-order valence-electron chi connectivity index (χ0n) is 9.90. The first-order chi connectivity index (χ1) is 8.34. The predicted molar refractivity (Wildman–Crippen MR) is 68.0 cm³/mol. The first kappa shape index (κ1) is 10.5. The Morgan fingerprint density at radius 2 is 2.35 bits per heavy atom. The van der Waals surface area contributed by atoms with Gasteiger partial charge in [-0.3, -0.25) is 0 Å². The Kier molecular flexibility index (Phi) is 2.68. The number of rotatable bonds is 2. The standard InChI is InChI=1S/C12H17N5/c1-8-2-4-13-6-10(8)17-12-9-3-5-14-11(9)15-7-16-12/h3,5,7-8,10,13H,2,4,6H2,1H3,(H2,14,15,16,17)/t8-,10+/m1/s1. The summed E-state index contributed by atoms with van der Waals surface area (Å²) in [5.74, 6) is 1.59. The molecule has 1 aliphatic rings. The molecule has 5 nitrogen and oxygen atoms in total. The van der Waals surface area contributed by atoms with Crippen molar-refractivity contribution in [2.45, 2.75) is 19.4 Å².